The second-order valence-corrected chi connectivity index (χ2v) is 6.73. The van der Waals surface area contributed by atoms with E-state index < -0.39 is 0 Å². The van der Waals surface area contributed by atoms with Crippen molar-refractivity contribution in [2.24, 2.45) is 11.8 Å². The minimum Gasteiger partial charge on any atom is -0.466 e. The Labute approximate surface area is 151 Å². The first-order chi connectivity index (χ1) is 12.1. The summed E-state index contributed by atoms with van der Waals surface area (Å²) >= 11 is 0. The lowest BCUT2D eigenvalue weighted by molar-refractivity contribution is -0.153. The summed E-state index contributed by atoms with van der Waals surface area (Å²) in [5, 5.41) is 2.64. The SMILES string of the molecule is CCCCC1CCC(C(=O)OCC(=O)NCCCC(=O)OCC)CC1. The van der Waals surface area contributed by atoms with E-state index in [1.807, 2.05) is 0 Å². The van der Waals surface area contributed by atoms with Gasteiger partial charge in [0.05, 0.1) is 12.5 Å². The van der Waals surface area contributed by atoms with Gasteiger partial charge in [-0.05, 0) is 44.9 Å². The van der Waals surface area contributed by atoms with Crippen LogP contribution in [0.2, 0.25) is 0 Å². The molecule has 1 N–H and O–H groups in total. The molecule has 1 aliphatic carbocycles. The molecule has 0 unspecified atom stereocenters. The highest BCUT2D eigenvalue weighted by Crippen LogP contribution is 2.32. The highest BCUT2D eigenvalue weighted by atomic mass is 16.5. The van der Waals surface area contributed by atoms with Gasteiger partial charge in [0.1, 0.15) is 0 Å². The molecular formula is C19H33NO5. The molecule has 6 nitrogen and oxygen atoms in total. The molecule has 1 fully saturated rings. The van der Waals surface area contributed by atoms with Crippen molar-refractivity contribution < 1.29 is 23.9 Å². The number of nitrogens with one attached hydrogen (secondary N) is 1. The van der Waals surface area contributed by atoms with Crippen LogP contribution < -0.4 is 5.32 Å². The van der Waals surface area contributed by atoms with Crippen molar-refractivity contribution in [1.82, 2.24) is 5.32 Å². The second kappa shape index (κ2) is 12.7. The third-order valence-electron chi connectivity index (χ3n) is 4.68. The van der Waals surface area contributed by atoms with Crippen LogP contribution in [-0.2, 0) is 23.9 Å². The molecule has 1 rings (SSSR count). The number of unbranched alkanes of at least 4 members (excludes halogenated alkanes) is 1. The van der Waals surface area contributed by atoms with E-state index in [2.05, 4.69) is 12.2 Å². The van der Waals surface area contributed by atoms with E-state index in [0.29, 0.717) is 19.6 Å². The van der Waals surface area contributed by atoms with E-state index in [1.54, 1.807) is 6.92 Å². The van der Waals surface area contributed by atoms with Gasteiger partial charge in [0.2, 0.25) is 0 Å². The zero-order chi connectivity index (χ0) is 18.5. The molecule has 0 bridgehead atoms. The summed E-state index contributed by atoms with van der Waals surface area (Å²) in [7, 11) is 0. The highest BCUT2D eigenvalue weighted by Gasteiger charge is 2.27. The van der Waals surface area contributed by atoms with E-state index in [9.17, 15) is 14.4 Å². The van der Waals surface area contributed by atoms with Crippen LogP contribution in [0.25, 0.3) is 0 Å². The summed E-state index contributed by atoms with van der Waals surface area (Å²) in [4.78, 5) is 34.9. The Kier molecular flexibility index (Phi) is 10.9. The molecule has 0 radical (unpaired) electrons. The normalized spacial score (nSPS) is 19.9. The van der Waals surface area contributed by atoms with Gasteiger partial charge >= 0.3 is 11.9 Å². The number of ether oxygens (including phenoxy) is 2. The van der Waals surface area contributed by atoms with Crippen molar-refractivity contribution in [1.29, 1.82) is 0 Å². The lowest BCUT2D eigenvalue weighted by Gasteiger charge is -2.27. The topological polar surface area (TPSA) is 81.7 Å². The largest absolute Gasteiger partial charge is 0.466 e. The molecule has 1 aliphatic rings. The average molecular weight is 355 g/mol. The molecule has 144 valence electrons. The Morgan fingerprint density at radius 1 is 1.00 bits per heavy atom. The fourth-order valence-electron chi connectivity index (χ4n) is 3.18. The van der Waals surface area contributed by atoms with Gasteiger partial charge in [-0.3, -0.25) is 14.4 Å². The standard InChI is InChI=1S/C19H33NO5/c1-3-5-7-15-9-11-16(12-10-15)19(23)25-14-17(21)20-13-6-8-18(22)24-4-2/h15-16H,3-14H2,1-2H3,(H,20,21). The molecule has 6 heteroatoms. The minimum absolute atomic E-state index is 0.0607. The number of amides is 1. The maximum atomic E-state index is 12.1. The van der Waals surface area contributed by atoms with Gasteiger partial charge in [-0.25, -0.2) is 0 Å². The molecule has 0 aromatic rings. The molecule has 25 heavy (non-hydrogen) atoms. The van der Waals surface area contributed by atoms with Gasteiger partial charge in [-0.2, -0.15) is 0 Å². The van der Waals surface area contributed by atoms with E-state index in [1.165, 1.54) is 19.3 Å². The zero-order valence-corrected chi connectivity index (χ0v) is 15.7. The van der Waals surface area contributed by atoms with Crippen molar-refractivity contribution in [2.45, 2.75) is 71.6 Å². The van der Waals surface area contributed by atoms with Crippen molar-refractivity contribution in [3.8, 4) is 0 Å². The third kappa shape index (κ3) is 9.46. The van der Waals surface area contributed by atoms with Crippen molar-refractivity contribution in [2.75, 3.05) is 19.8 Å². The predicted molar refractivity (Wildman–Crippen MR) is 94.8 cm³/mol. The summed E-state index contributed by atoms with van der Waals surface area (Å²) in [6, 6.07) is 0. The van der Waals surface area contributed by atoms with Gasteiger partial charge in [-0.15, -0.1) is 0 Å². The summed E-state index contributed by atoms with van der Waals surface area (Å²) in [6.07, 6.45) is 8.43. The van der Waals surface area contributed by atoms with Gasteiger partial charge < -0.3 is 14.8 Å². The van der Waals surface area contributed by atoms with Gasteiger partial charge in [-0.1, -0.05) is 26.2 Å². The van der Waals surface area contributed by atoms with Crippen LogP contribution in [0.5, 0.6) is 0 Å². The van der Waals surface area contributed by atoms with E-state index in [0.717, 1.165) is 31.6 Å². The molecule has 1 amide bonds. The number of rotatable bonds is 11. The number of carbonyl (C=O) groups excluding carboxylic acids is 3. The lowest BCUT2D eigenvalue weighted by Crippen LogP contribution is -2.32. The molecule has 0 spiro atoms. The summed E-state index contributed by atoms with van der Waals surface area (Å²) in [5.41, 5.74) is 0. The summed E-state index contributed by atoms with van der Waals surface area (Å²) in [5.74, 6) is -0.164. The molecule has 0 atom stereocenters. The van der Waals surface area contributed by atoms with Crippen LogP contribution in [0.1, 0.15) is 71.6 Å². The zero-order valence-electron chi connectivity index (χ0n) is 15.7. The van der Waals surface area contributed by atoms with Gasteiger partial charge in [0.25, 0.3) is 5.91 Å². The number of carbonyl (C=O) groups is 3. The molecule has 0 aromatic heterocycles. The number of esters is 2. The van der Waals surface area contributed by atoms with Crippen LogP contribution in [0.15, 0.2) is 0 Å². The van der Waals surface area contributed by atoms with Crippen LogP contribution >= 0.6 is 0 Å². The third-order valence-corrected chi connectivity index (χ3v) is 4.68. The molecule has 0 aliphatic heterocycles. The summed E-state index contributed by atoms with van der Waals surface area (Å²) < 4.78 is 9.94. The predicted octanol–water partition coefficient (Wildman–Crippen LogP) is 2.99. The Balaban J connectivity index is 2.09. The van der Waals surface area contributed by atoms with Crippen molar-refractivity contribution >= 4 is 17.8 Å². The first kappa shape index (κ1) is 21.5. The molecular weight excluding hydrogens is 322 g/mol. The quantitative estimate of drug-likeness (QED) is 0.455. The molecule has 1 saturated carbocycles. The Morgan fingerprint density at radius 2 is 1.72 bits per heavy atom. The van der Waals surface area contributed by atoms with Crippen molar-refractivity contribution in [3.63, 3.8) is 0 Å². The molecule has 0 aromatic carbocycles. The smallest absolute Gasteiger partial charge is 0.309 e. The Bertz CT molecular complexity index is 416. The fourth-order valence-corrected chi connectivity index (χ4v) is 3.18. The summed E-state index contributed by atoms with van der Waals surface area (Å²) in [6.45, 7) is 4.45. The first-order valence-corrected chi connectivity index (χ1v) is 9.65. The lowest BCUT2D eigenvalue weighted by atomic mass is 9.80. The second-order valence-electron chi connectivity index (χ2n) is 6.73. The van der Waals surface area contributed by atoms with Gasteiger partial charge in [0, 0.05) is 13.0 Å². The first-order valence-electron chi connectivity index (χ1n) is 9.65. The van der Waals surface area contributed by atoms with E-state index in [-0.39, 0.29) is 36.8 Å². The van der Waals surface area contributed by atoms with Crippen LogP contribution in [0.4, 0.5) is 0 Å². The van der Waals surface area contributed by atoms with Crippen LogP contribution in [-0.4, -0.2) is 37.6 Å². The maximum absolute atomic E-state index is 12.1. The van der Waals surface area contributed by atoms with Crippen molar-refractivity contribution in [3.05, 3.63) is 0 Å². The number of hydrogen-bond donors (Lipinski definition) is 1. The fraction of sp³-hybridized carbons (Fsp3) is 0.842. The minimum atomic E-state index is -0.325. The van der Waals surface area contributed by atoms with E-state index in [4.69, 9.17) is 9.47 Å². The number of hydrogen-bond acceptors (Lipinski definition) is 5. The Morgan fingerprint density at radius 3 is 2.36 bits per heavy atom. The van der Waals surface area contributed by atoms with E-state index >= 15 is 0 Å². The molecule has 0 heterocycles. The van der Waals surface area contributed by atoms with Gasteiger partial charge in [0.15, 0.2) is 6.61 Å². The maximum Gasteiger partial charge on any atom is 0.309 e. The average Bonchev–Trinajstić information content (AvgIpc) is 2.62. The highest BCUT2D eigenvalue weighted by molar-refractivity contribution is 5.81. The monoisotopic (exact) mass is 355 g/mol. The van der Waals surface area contributed by atoms with Crippen LogP contribution in [0.3, 0.4) is 0 Å². The Hall–Kier alpha value is -1.59. The van der Waals surface area contributed by atoms with Crippen LogP contribution in [0, 0.1) is 11.8 Å². The molecule has 0 saturated heterocycles.